The third-order valence-electron chi connectivity index (χ3n) is 6.43. The Hall–Kier alpha value is -3.45. The maximum atomic E-state index is 12.5. The molecule has 16 nitrogen and oxygen atoms in total. The number of amides is 1. The van der Waals surface area contributed by atoms with Crippen molar-refractivity contribution in [3.63, 3.8) is 0 Å². The number of carboxylic acid groups (broad SMARTS) is 1. The number of nitrogens with zero attached hydrogens (tertiary/aromatic N) is 5. The number of methoxy groups -OCH3 is 4. The summed E-state index contributed by atoms with van der Waals surface area (Å²) in [4.78, 5) is 42.1. The van der Waals surface area contributed by atoms with Crippen molar-refractivity contribution < 1.29 is 81.7 Å². The van der Waals surface area contributed by atoms with Crippen LogP contribution in [0.4, 0.5) is 5.69 Å². The van der Waals surface area contributed by atoms with E-state index in [4.69, 9.17) is 60.9 Å². The Bertz CT molecular complexity index is 1750. The minimum absolute atomic E-state index is 0. The number of benzene rings is 2. The molecule has 0 aliphatic carbocycles. The number of hydrogen-bond donors (Lipinski definition) is 0. The van der Waals surface area contributed by atoms with Crippen LogP contribution in [-0.2, 0) is 25.6 Å². The van der Waals surface area contributed by atoms with Gasteiger partial charge in [0.25, 0.3) is 0 Å². The fourth-order valence-electron chi connectivity index (χ4n) is 4.07. The molecule has 0 fully saturated rings. The van der Waals surface area contributed by atoms with E-state index in [0.717, 1.165) is 5.69 Å². The number of aromatic carboxylic acids is 1. The van der Waals surface area contributed by atoms with Gasteiger partial charge in [-0.15, -0.1) is 0 Å². The Morgan fingerprint density at radius 2 is 1.21 bits per heavy atom. The minimum Gasteiger partial charge on any atom is -0.545 e. The Balaban J connectivity index is 0.000000388. The first kappa shape index (κ1) is 45.7. The standard InChI is InChI=1S/C19H18N4O8.C13H19ClNO3PS2.Na/c1-26-12-8-13(27-2)21-18(20-12)30-10-6-5-7-11(16(10)17(24)25)31-19-22-14(28-3)9-15(23-19)29-4;1-10(2)15(12-7-5-11(14)6-8-12)13(16)9-21-19(20,17-3)18-4;/h5-9H,1-4H3,(H,24,25);5-8,10H,9H2,1-4H3;/q;;+1/p-1. The van der Waals surface area contributed by atoms with Crippen LogP contribution in [0.5, 0.6) is 47.0 Å². The van der Waals surface area contributed by atoms with E-state index in [1.54, 1.807) is 17.0 Å². The second-order valence-corrected chi connectivity index (χ2v) is 17.0. The smallest absolute Gasteiger partial charge is 0.545 e. The van der Waals surface area contributed by atoms with E-state index in [2.05, 4.69) is 19.9 Å². The quantitative estimate of drug-likeness (QED) is 0.119. The predicted octanol–water partition coefficient (Wildman–Crippen LogP) is 2.58. The molecule has 0 aliphatic rings. The van der Waals surface area contributed by atoms with Crippen LogP contribution in [0.3, 0.4) is 0 Å². The van der Waals surface area contributed by atoms with Crippen molar-refractivity contribution in [3.8, 4) is 47.0 Å². The first-order valence-corrected chi connectivity index (χ1v) is 19.5. The molecule has 0 unspecified atom stereocenters. The first-order chi connectivity index (χ1) is 24.8. The predicted molar refractivity (Wildman–Crippen MR) is 196 cm³/mol. The number of halogens is 1. The van der Waals surface area contributed by atoms with Gasteiger partial charge in [0.15, 0.2) is 0 Å². The number of ether oxygens (including phenoxy) is 6. The van der Waals surface area contributed by atoms with Crippen LogP contribution in [-0.4, -0.2) is 86.3 Å². The average Bonchev–Trinajstić information content (AvgIpc) is 3.14. The zero-order valence-electron chi connectivity index (χ0n) is 30.3. The molecule has 0 radical (unpaired) electrons. The Kier molecular flexibility index (Phi) is 19.0. The summed E-state index contributed by atoms with van der Waals surface area (Å²) in [5, 5.41) is 12.5. The van der Waals surface area contributed by atoms with Gasteiger partial charge in [-0.05, 0) is 62.1 Å². The van der Waals surface area contributed by atoms with Gasteiger partial charge in [-0.3, -0.25) is 4.79 Å². The Labute approximate surface area is 343 Å². The Morgan fingerprint density at radius 3 is 1.55 bits per heavy atom. The molecular formula is C32H36ClN5NaO11PS2. The van der Waals surface area contributed by atoms with Gasteiger partial charge in [0.1, 0.15) is 11.5 Å². The molecule has 0 saturated heterocycles. The SMILES string of the molecule is COP(=S)(OC)SCC(=O)N(c1ccc(Cl)cc1)C(C)C.COc1cc(OC)nc(Oc2cccc(Oc3nc(OC)cc(OC)n3)c2C(=O)[O-])n1.[Na+]. The molecule has 53 heavy (non-hydrogen) atoms. The number of carbonyl (C=O) groups is 2. The number of carboxylic acids is 1. The van der Waals surface area contributed by atoms with E-state index in [-0.39, 0.29) is 94.3 Å². The largest absolute Gasteiger partial charge is 1.00 e. The summed E-state index contributed by atoms with van der Waals surface area (Å²) in [6.45, 7) is 3.92. The molecule has 0 atom stereocenters. The summed E-state index contributed by atoms with van der Waals surface area (Å²) in [5.74, 6) is -1.09. The van der Waals surface area contributed by atoms with Crippen LogP contribution in [0.15, 0.2) is 54.6 Å². The van der Waals surface area contributed by atoms with E-state index >= 15 is 0 Å². The van der Waals surface area contributed by atoms with Gasteiger partial charge in [-0.1, -0.05) is 29.0 Å². The molecule has 2 aromatic heterocycles. The van der Waals surface area contributed by atoms with Crippen molar-refractivity contribution in [3.05, 3.63) is 65.2 Å². The molecule has 2 heterocycles. The fourth-order valence-corrected chi connectivity index (χ4v) is 6.88. The van der Waals surface area contributed by atoms with E-state index in [1.165, 1.54) is 84.4 Å². The number of anilines is 1. The molecular weight excluding hydrogens is 784 g/mol. The monoisotopic (exact) mass is 819 g/mol. The normalized spacial score (nSPS) is 10.6. The zero-order chi connectivity index (χ0) is 38.4. The number of aromatic nitrogens is 4. The van der Waals surface area contributed by atoms with Gasteiger partial charge in [0.05, 0.1) is 57.9 Å². The summed E-state index contributed by atoms with van der Waals surface area (Å²) in [6.07, 6.45) is 0. The van der Waals surface area contributed by atoms with E-state index in [0.29, 0.717) is 5.02 Å². The molecule has 4 rings (SSSR count). The van der Waals surface area contributed by atoms with Gasteiger partial charge < -0.3 is 52.3 Å². The molecule has 21 heteroatoms. The molecule has 0 spiro atoms. The minimum atomic E-state index is -2.42. The van der Waals surface area contributed by atoms with Crippen molar-refractivity contribution in [1.82, 2.24) is 19.9 Å². The van der Waals surface area contributed by atoms with E-state index < -0.39 is 17.2 Å². The van der Waals surface area contributed by atoms with Crippen LogP contribution in [0.2, 0.25) is 5.02 Å². The molecule has 1 amide bonds. The van der Waals surface area contributed by atoms with Crippen molar-refractivity contribution >= 4 is 58.0 Å². The van der Waals surface area contributed by atoms with E-state index in [1.807, 2.05) is 26.0 Å². The number of hydrogen-bond acceptors (Lipinski definition) is 17. The third-order valence-corrected chi connectivity index (χ3v) is 12.3. The number of carbonyl (C=O) groups excluding carboxylic acids is 2. The van der Waals surface area contributed by atoms with Crippen LogP contribution >= 0.6 is 28.7 Å². The first-order valence-electron chi connectivity index (χ1n) is 14.9. The summed E-state index contributed by atoms with van der Waals surface area (Å²) in [7, 11) is 8.59. The summed E-state index contributed by atoms with van der Waals surface area (Å²) in [5.41, 5.74) is -2.03. The van der Waals surface area contributed by atoms with Crippen molar-refractivity contribution in [2.45, 2.75) is 19.9 Å². The molecule has 0 bridgehead atoms. The topological polar surface area (TPSA) is 186 Å². The van der Waals surface area contributed by atoms with E-state index in [9.17, 15) is 14.7 Å². The maximum absolute atomic E-state index is 12.5. The second-order valence-electron chi connectivity index (χ2n) is 10.0. The fraction of sp³-hybridized carbons (Fsp3) is 0.312. The molecule has 2 aromatic carbocycles. The van der Waals surface area contributed by atoms with Crippen LogP contribution in [0, 0.1) is 0 Å². The zero-order valence-corrected chi connectivity index (χ0v) is 35.6. The van der Waals surface area contributed by atoms with Gasteiger partial charge in [0, 0.05) is 31.0 Å². The van der Waals surface area contributed by atoms with Gasteiger partial charge in [-0.2, -0.15) is 19.9 Å². The number of rotatable bonds is 16. The molecule has 0 saturated carbocycles. The molecule has 0 N–H and O–H groups in total. The molecule has 0 aliphatic heterocycles. The van der Waals surface area contributed by atoms with Crippen LogP contribution in [0.1, 0.15) is 24.2 Å². The molecule has 4 aromatic rings. The van der Waals surface area contributed by atoms with Crippen LogP contribution < -0.4 is 68.0 Å². The van der Waals surface area contributed by atoms with Crippen molar-refractivity contribution in [2.75, 3.05) is 53.3 Å². The van der Waals surface area contributed by atoms with Gasteiger partial charge >= 0.3 is 41.6 Å². The summed E-state index contributed by atoms with van der Waals surface area (Å²) in [6, 6.07) is 13.9. The maximum Gasteiger partial charge on any atom is 1.00 e. The van der Waals surface area contributed by atoms with Gasteiger partial charge in [0.2, 0.25) is 35.1 Å². The van der Waals surface area contributed by atoms with Crippen molar-refractivity contribution in [2.24, 2.45) is 0 Å². The van der Waals surface area contributed by atoms with Gasteiger partial charge in [-0.25, -0.2) is 0 Å². The van der Waals surface area contributed by atoms with Crippen molar-refractivity contribution in [1.29, 1.82) is 0 Å². The Morgan fingerprint density at radius 1 is 0.792 bits per heavy atom. The third kappa shape index (κ3) is 13.4. The summed E-state index contributed by atoms with van der Waals surface area (Å²) < 4.78 is 41.7. The van der Waals surface area contributed by atoms with Crippen LogP contribution in [0.25, 0.3) is 0 Å². The molecule has 280 valence electrons. The summed E-state index contributed by atoms with van der Waals surface area (Å²) >= 11 is 12.4. The second kappa shape index (κ2) is 22.1. The average molecular weight is 820 g/mol.